The second-order valence-electron chi connectivity index (χ2n) is 5.42. The Bertz CT molecular complexity index is 314. The van der Waals surface area contributed by atoms with E-state index < -0.39 is 23.6 Å². The highest BCUT2D eigenvalue weighted by atomic mass is 16.5. The van der Waals surface area contributed by atoms with Crippen molar-refractivity contribution in [1.82, 2.24) is 9.80 Å². The summed E-state index contributed by atoms with van der Waals surface area (Å²) < 4.78 is 4.78. The van der Waals surface area contributed by atoms with E-state index in [1.807, 2.05) is 0 Å². The summed E-state index contributed by atoms with van der Waals surface area (Å²) >= 11 is 0. The minimum absolute atomic E-state index is 0.0822. The SMILES string of the molecule is COCC(O)CN(C)C(=O)N(CC(=O)O)C(C)(C)C. The first-order valence-electron chi connectivity index (χ1n) is 6.01. The van der Waals surface area contributed by atoms with Gasteiger partial charge in [-0.2, -0.15) is 0 Å². The summed E-state index contributed by atoms with van der Waals surface area (Å²) in [7, 11) is 2.97. The van der Waals surface area contributed by atoms with Crippen molar-refractivity contribution in [3.8, 4) is 0 Å². The molecular formula is C12H24N2O5. The molecule has 1 atom stereocenters. The Kier molecular flexibility index (Phi) is 6.78. The largest absolute Gasteiger partial charge is 0.480 e. The van der Waals surface area contributed by atoms with Crippen LogP contribution >= 0.6 is 0 Å². The zero-order chi connectivity index (χ0) is 15.2. The number of likely N-dealkylation sites (N-methyl/N-ethyl adjacent to an activating group) is 1. The number of carbonyl (C=O) groups is 2. The fourth-order valence-corrected chi connectivity index (χ4v) is 1.57. The van der Waals surface area contributed by atoms with Crippen molar-refractivity contribution in [3.05, 3.63) is 0 Å². The average Bonchev–Trinajstić information content (AvgIpc) is 2.23. The maximum Gasteiger partial charge on any atom is 0.323 e. The van der Waals surface area contributed by atoms with Crippen molar-refractivity contribution in [2.45, 2.75) is 32.4 Å². The summed E-state index contributed by atoms with van der Waals surface area (Å²) in [6, 6.07) is -0.440. The van der Waals surface area contributed by atoms with Gasteiger partial charge in [-0.15, -0.1) is 0 Å². The summed E-state index contributed by atoms with van der Waals surface area (Å²) in [6.45, 7) is 5.09. The number of ether oxygens (including phenoxy) is 1. The molecule has 7 heteroatoms. The quantitative estimate of drug-likeness (QED) is 0.725. The van der Waals surface area contributed by atoms with Gasteiger partial charge >= 0.3 is 12.0 Å². The number of amides is 2. The molecule has 0 bridgehead atoms. The van der Waals surface area contributed by atoms with E-state index in [1.165, 1.54) is 24.0 Å². The van der Waals surface area contributed by atoms with Gasteiger partial charge in [0.25, 0.3) is 0 Å². The molecule has 2 amide bonds. The molecule has 1 unspecified atom stereocenters. The fraction of sp³-hybridized carbons (Fsp3) is 0.833. The molecule has 0 fully saturated rings. The first-order valence-corrected chi connectivity index (χ1v) is 6.01. The fourth-order valence-electron chi connectivity index (χ4n) is 1.57. The zero-order valence-corrected chi connectivity index (χ0v) is 12.2. The van der Waals surface area contributed by atoms with Gasteiger partial charge in [-0.1, -0.05) is 0 Å². The molecule has 0 aliphatic carbocycles. The standard InChI is InChI=1S/C12H24N2O5/c1-12(2,3)14(7-10(16)17)11(18)13(4)6-9(15)8-19-5/h9,15H,6-8H2,1-5H3,(H,16,17). The number of carboxylic acid groups (broad SMARTS) is 1. The van der Waals surface area contributed by atoms with E-state index >= 15 is 0 Å². The van der Waals surface area contributed by atoms with Gasteiger partial charge in [0.05, 0.1) is 19.3 Å². The predicted molar refractivity (Wildman–Crippen MR) is 70.0 cm³/mol. The van der Waals surface area contributed by atoms with Crippen LogP contribution in [0.2, 0.25) is 0 Å². The monoisotopic (exact) mass is 276 g/mol. The molecule has 0 saturated heterocycles. The number of aliphatic carboxylic acids is 1. The topological polar surface area (TPSA) is 90.3 Å². The van der Waals surface area contributed by atoms with E-state index in [-0.39, 0.29) is 19.7 Å². The number of carbonyl (C=O) groups excluding carboxylic acids is 1. The Morgan fingerprint density at radius 1 is 1.32 bits per heavy atom. The highest BCUT2D eigenvalue weighted by molar-refractivity contribution is 5.80. The molecule has 0 saturated carbocycles. The number of hydrogen-bond acceptors (Lipinski definition) is 4. The Morgan fingerprint density at radius 2 is 1.84 bits per heavy atom. The number of aliphatic hydroxyl groups is 1. The van der Waals surface area contributed by atoms with E-state index in [2.05, 4.69) is 0 Å². The minimum Gasteiger partial charge on any atom is -0.480 e. The van der Waals surface area contributed by atoms with E-state index in [4.69, 9.17) is 9.84 Å². The van der Waals surface area contributed by atoms with Gasteiger partial charge in [0.15, 0.2) is 0 Å². The molecule has 0 rings (SSSR count). The third-order valence-electron chi connectivity index (χ3n) is 2.50. The third-order valence-corrected chi connectivity index (χ3v) is 2.50. The van der Waals surface area contributed by atoms with Crippen molar-refractivity contribution in [2.24, 2.45) is 0 Å². The van der Waals surface area contributed by atoms with Crippen LogP contribution in [-0.4, -0.2) is 77.5 Å². The molecule has 7 nitrogen and oxygen atoms in total. The first kappa shape index (κ1) is 17.7. The van der Waals surface area contributed by atoms with Gasteiger partial charge in [0.2, 0.25) is 0 Å². The second-order valence-corrected chi connectivity index (χ2v) is 5.42. The third kappa shape index (κ3) is 6.40. The Labute approximate surface area is 113 Å². The number of carboxylic acids is 1. The van der Waals surface area contributed by atoms with Gasteiger partial charge in [-0.05, 0) is 20.8 Å². The Hall–Kier alpha value is -1.34. The molecule has 0 radical (unpaired) electrons. The number of aliphatic hydroxyl groups excluding tert-OH is 1. The van der Waals surface area contributed by atoms with Crippen LogP contribution in [0.15, 0.2) is 0 Å². The lowest BCUT2D eigenvalue weighted by Gasteiger charge is -2.37. The van der Waals surface area contributed by atoms with Crippen molar-refractivity contribution in [3.63, 3.8) is 0 Å². The van der Waals surface area contributed by atoms with E-state index in [9.17, 15) is 14.7 Å². The number of methoxy groups -OCH3 is 1. The molecule has 0 aromatic rings. The number of hydrogen-bond donors (Lipinski definition) is 2. The minimum atomic E-state index is -1.07. The summed E-state index contributed by atoms with van der Waals surface area (Å²) in [4.78, 5) is 25.6. The Balaban J connectivity index is 4.75. The van der Waals surface area contributed by atoms with Crippen LogP contribution in [0.5, 0.6) is 0 Å². The molecule has 0 aromatic heterocycles. The summed E-state index contributed by atoms with van der Waals surface area (Å²) in [6.07, 6.45) is -0.800. The molecule has 0 heterocycles. The lowest BCUT2D eigenvalue weighted by atomic mass is 10.1. The highest BCUT2D eigenvalue weighted by Gasteiger charge is 2.31. The van der Waals surface area contributed by atoms with E-state index in [0.717, 1.165) is 0 Å². The van der Waals surface area contributed by atoms with Crippen molar-refractivity contribution in [2.75, 3.05) is 33.9 Å². The van der Waals surface area contributed by atoms with Gasteiger partial charge < -0.3 is 24.7 Å². The normalized spacial score (nSPS) is 12.9. The Morgan fingerprint density at radius 3 is 2.21 bits per heavy atom. The van der Waals surface area contributed by atoms with Gasteiger partial charge in [-0.3, -0.25) is 4.79 Å². The van der Waals surface area contributed by atoms with Crippen LogP contribution in [-0.2, 0) is 9.53 Å². The van der Waals surface area contributed by atoms with Gasteiger partial charge in [0, 0.05) is 19.7 Å². The lowest BCUT2D eigenvalue weighted by Crippen LogP contribution is -2.54. The zero-order valence-electron chi connectivity index (χ0n) is 12.2. The second kappa shape index (κ2) is 7.30. The van der Waals surface area contributed by atoms with Crippen LogP contribution in [0.3, 0.4) is 0 Å². The van der Waals surface area contributed by atoms with Crippen LogP contribution in [0.4, 0.5) is 4.79 Å². The van der Waals surface area contributed by atoms with Crippen molar-refractivity contribution in [1.29, 1.82) is 0 Å². The number of nitrogens with zero attached hydrogens (tertiary/aromatic N) is 2. The molecular weight excluding hydrogens is 252 g/mol. The van der Waals surface area contributed by atoms with Crippen LogP contribution < -0.4 is 0 Å². The number of rotatable bonds is 6. The molecule has 112 valence electrons. The molecule has 0 aliphatic rings. The molecule has 0 spiro atoms. The van der Waals surface area contributed by atoms with E-state index in [1.54, 1.807) is 20.8 Å². The van der Waals surface area contributed by atoms with E-state index in [0.29, 0.717) is 0 Å². The summed E-state index contributed by atoms with van der Waals surface area (Å²) in [5.41, 5.74) is -0.615. The summed E-state index contributed by atoms with van der Waals surface area (Å²) in [5.74, 6) is -1.07. The van der Waals surface area contributed by atoms with Gasteiger partial charge in [0.1, 0.15) is 6.54 Å². The van der Waals surface area contributed by atoms with Crippen molar-refractivity contribution >= 4 is 12.0 Å². The smallest absolute Gasteiger partial charge is 0.323 e. The van der Waals surface area contributed by atoms with Gasteiger partial charge in [-0.25, -0.2) is 4.79 Å². The van der Waals surface area contributed by atoms with Crippen LogP contribution in [0, 0.1) is 0 Å². The predicted octanol–water partition coefficient (Wildman–Crippen LogP) is 0.231. The first-order chi connectivity index (χ1) is 8.59. The summed E-state index contributed by atoms with van der Waals surface area (Å²) in [5, 5.41) is 18.4. The van der Waals surface area contributed by atoms with Crippen LogP contribution in [0.1, 0.15) is 20.8 Å². The maximum atomic E-state index is 12.2. The maximum absolute atomic E-state index is 12.2. The molecule has 2 N–H and O–H groups in total. The molecule has 19 heavy (non-hydrogen) atoms. The molecule has 0 aromatic carbocycles. The number of urea groups is 1. The van der Waals surface area contributed by atoms with Crippen LogP contribution in [0.25, 0.3) is 0 Å². The lowest BCUT2D eigenvalue weighted by molar-refractivity contribution is -0.138. The average molecular weight is 276 g/mol. The van der Waals surface area contributed by atoms with Crippen molar-refractivity contribution < 1.29 is 24.5 Å². The highest BCUT2D eigenvalue weighted by Crippen LogP contribution is 2.15. The molecule has 0 aliphatic heterocycles.